The SMILES string of the molecule is CC1=CC(NC=O)=CC=CC1. The third kappa shape index (κ3) is 2.42. The molecular formula is C9H11NO. The summed E-state index contributed by atoms with van der Waals surface area (Å²) in [6.45, 7) is 2.04. The molecule has 1 aliphatic carbocycles. The lowest BCUT2D eigenvalue weighted by molar-refractivity contribution is -0.108. The van der Waals surface area contributed by atoms with E-state index in [1.807, 2.05) is 25.2 Å². The highest BCUT2D eigenvalue weighted by Gasteiger charge is 1.94. The first-order valence-corrected chi connectivity index (χ1v) is 3.57. The van der Waals surface area contributed by atoms with Gasteiger partial charge in [0.2, 0.25) is 6.41 Å². The molecule has 0 saturated heterocycles. The Labute approximate surface area is 66.3 Å². The van der Waals surface area contributed by atoms with E-state index < -0.39 is 0 Å². The van der Waals surface area contributed by atoms with Crippen molar-refractivity contribution < 1.29 is 4.79 Å². The maximum Gasteiger partial charge on any atom is 0.211 e. The lowest BCUT2D eigenvalue weighted by atomic mass is 10.2. The Morgan fingerprint density at radius 3 is 3.18 bits per heavy atom. The Balaban J connectivity index is 2.75. The highest BCUT2D eigenvalue weighted by molar-refractivity contribution is 5.53. The van der Waals surface area contributed by atoms with Crippen LogP contribution in [0.4, 0.5) is 0 Å². The third-order valence-corrected chi connectivity index (χ3v) is 1.48. The van der Waals surface area contributed by atoms with Gasteiger partial charge in [0.25, 0.3) is 0 Å². The topological polar surface area (TPSA) is 29.1 Å². The fourth-order valence-corrected chi connectivity index (χ4v) is 0.956. The molecule has 1 N–H and O–H groups in total. The third-order valence-electron chi connectivity index (χ3n) is 1.48. The van der Waals surface area contributed by atoms with E-state index in [0.29, 0.717) is 6.41 Å². The maximum absolute atomic E-state index is 10.1. The number of carbonyl (C=O) groups is 1. The standard InChI is InChI=1S/C9H11NO/c1-8-4-2-3-5-9(6-8)10-7-11/h2-3,5-7H,4H2,1H3,(H,10,11). The molecule has 0 spiro atoms. The molecular weight excluding hydrogens is 138 g/mol. The normalized spacial score (nSPS) is 16.5. The summed E-state index contributed by atoms with van der Waals surface area (Å²) in [7, 11) is 0. The summed E-state index contributed by atoms with van der Waals surface area (Å²) in [6.07, 6.45) is 9.50. The van der Waals surface area contributed by atoms with E-state index in [4.69, 9.17) is 0 Å². The fourth-order valence-electron chi connectivity index (χ4n) is 0.956. The van der Waals surface area contributed by atoms with Gasteiger partial charge in [0.05, 0.1) is 0 Å². The molecule has 0 heterocycles. The molecule has 0 fully saturated rings. The van der Waals surface area contributed by atoms with Crippen LogP contribution in [0.3, 0.4) is 0 Å². The first-order chi connectivity index (χ1) is 5.33. The molecule has 1 rings (SSSR count). The second-order valence-electron chi connectivity index (χ2n) is 2.51. The molecule has 0 unspecified atom stereocenters. The van der Waals surface area contributed by atoms with Gasteiger partial charge in [-0.2, -0.15) is 0 Å². The smallest absolute Gasteiger partial charge is 0.211 e. The van der Waals surface area contributed by atoms with Crippen LogP contribution in [0, 0.1) is 0 Å². The Bertz CT molecular complexity index is 236. The van der Waals surface area contributed by atoms with Crippen molar-refractivity contribution in [2.24, 2.45) is 0 Å². The summed E-state index contributed by atoms with van der Waals surface area (Å²) >= 11 is 0. The first kappa shape index (κ1) is 7.79. The molecule has 0 bridgehead atoms. The van der Waals surface area contributed by atoms with Crippen molar-refractivity contribution >= 4 is 6.41 Å². The Morgan fingerprint density at radius 1 is 1.64 bits per heavy atom. The average Bonchev–Trinajstić information content (AvgIpc) is 2.15. The summed E-state index contributed by atoms with van der Waals surface area (Å²) in [6, 6.07) is 0. The molecule has 1 aliphatic rings. The fraction of sp³-hybridized carbons (Fsp3) is 0.222. The van der Waals surface area contributed by atoms with Crippen molar-refractivity contribution in [1.82, 2.24) is 5.32 Å². The molecule has 0 aromatic carbocycles. The van der Waals surface area contributed by atoms with E-state index in [1.165, 1.54) is 5.57 Å². The molecule has 11 heavy (non-hydrogen) atoms. The van der Waals surface area contributed by atoms with Crippen molar-refractivity contribution in [1.29, 1.82) is 0 Å². The van der Waals surface area contributed by atoms with E-state index in [-0.39, 0.29) is 0 Å². The highest BCUT2D eigenvalue weighted by atomic mass is 16.1. The Hall–Kier alpha value is -1.31. The Morgan fingerprint density at radius 2 is 2.45 bits per heavy atom. The van der Waals surface area contributed by atoms with Gasteiger partial charge >= 0.3 is 0 Å². The molecule has 1 amide bonds. The first-order valence-electron chi connectivity index (χ1n) is 3.57. The van der Waals surface area contributed by atoms with Crippen LogP contribution in [0.2, 0.25) is 0 Å². The van der Waals surface area contributed by atoms with Crippen LogP contribution < -0.4 is 5.32 Å². The molecule has 0 atom stereocenters. The molecule has 0 aromatic rings. The van der Waals surface area contributed by atoms with Crippen LogP contribution >= 0.6 is 0 Å². The van der Waals surface area contributed by atoms with Gasteiger partial charge in [-0.25, -0.2) is 0 Å². The number of hydrogen-bond acceptors (Lipinski definition) is 1. The summed E-state index contributed by atoms with van der Waals surface area (Å²) in [5, 5.41) is 2.61. The molecule has 0 aliphatic heterocycles. The average molecular weight is 149 g/mol. The van der Waals surface area contributed by atoms with Gasteiger partial charge in [0.1, 0.15) is 0 Å². The van der Waals surface area contributed by atoms with Crippen LogP contribution in [0.15, 0.2) is 35.6 Å². The minimum atomic E-state index is 0.689. The summed E-state index contributed by atoms with van der Waals surface area (Å²) in [5.41, 5.74) is 2.10. The highest BCUT2D eigenvalue weighted by Crippen LogP contribution is 2.08. The van der Waals surface area contributed by atoms with Crippen molar-refractivity contribution in [3.8, 4) is 0 Å². The van der Waals surface area contributed by atoms with Gasteiger partial charge in [0, 0.05) is 5.70 Å². The van der Waals surface area contributed by atoms with Crippen molar-refractivity contribution in [2.75, 3.05) is 0 Å². The van der Waals surface area contributed by atoms with Crippen molar-refractivity contribution in [3.63, 3.8) is 0 Å². The molecule has 0 saturated carbocycles. The summed E-state index contributed by atoms with van der Waals surface area (Å²) in [4.78, 5) is 10.1. The van der Waals surface area contributed by atoms with Crippen molar-refractivity contribution in [2.45, 2.75) is 13.3 Å². The maximum atomic E-state index is 10.1. The predicted octanol–water partition coefficient (Wildman–Crippen LogP) is 1.52. The number of carbonyl (C=O) groups excluding carboxylic acids is 1. The van der Waals surface area contributed by atoms with Gasteiger partial charge in [-0.1, -0.05) is 17.7 Å². The van der Waals surface area contributed by atoms with Crippen molar-refractivity contribution in [3.05, 3.63) is 35.6 Å². The Kier molecular flexibility index (Phi) is 2.66. The van der Waals surface area contributed by atoms with E-state index in [2.05, 4.69) is 11.4 Å². The van der Waals surface area contributed by atoms with Gasteiger partial charge < -0.3 is 5.32 Å². The molecule has 0 radical (unpaired) electrons. The summed E-state index contributed by atoms with van der Waals surface area (Å²) in [5.74, 6) is 0. The van der Waals surface area contributed by atoms with Crippen LogP contribution in [-0.2, 0) is 4.79 Å². The zero-order valence-electron chi connectivity index (χ0n) is 6.50. The van der Waals surface area contributed by atoms with E-state index in [0.717, 1.165) is 12.1 Å². The van der Waals surface area contributed by atoms with E-state index in [1.54, 1.807) is 0 Å². The van der Waals surface area contributed by atoms with Crippen LogP contribution in [0.5, 0.6) is 0 Å². The monoisotopic (exact) mass is 149 g/mol. The molecule has 0 aromatic heterocycles. The summed E-state index contributed by atoms with van der Waals surface area (Å²) < 4.78 is 0. The lowest BCUT2D eigenvalue weighted by Gasteiger charge is -1.97. The van der Waals surface area contributed by atoms with Gasteiger partial charge in [0.15, 0.2) is 0 Å². The number of rotatable bonds is 2. The number of allylic oxidation sites excluding steroid dienone is 5. The van der Waals surface area contributed by atoms with Crippen LogP contribution in [0.1, 0.15) is 13.3 Å². The molecule has 2 nitrogen and oxygen atoms in total. The van der Waals surface area contributed by atoms with Crippen LogP contribution in [-0.4, -0.2) is 6.41 Å². The second-order valence-corrected chi connectivity index (χ2v) is 2.51. The zero-order chi connectivity index (χ0) is 8.10. The minimum absolute atomic E-state index is 0.689. The molecule has 58 valence electrons. The quantitative estimate of drug-likeness (QED) is 0.592. The lowest BCUT2D eigenvalue weighted by Crippen LogP contribution is -2.07. The number of nitrogens with one attached hydrogen (secondary N) is 1. The molecule has 2 heteroatoms. The van der Waals surface area contributed by atoms with E-state index >= 15 is 0 Å². The second kappa shape index (κ2) is 3.76. The van der Waals surface area contributed by atoms with E-state index in [9.17, 15) is 4.79 Å². The van der Waals surface area contributed by atoms with Gasteiger partial charge in [-0.05, 0) is 25.5 Å². The number of amides is 1. The zero-order valence-corrected chi connectivity index (χ0v) is 6.50. The largest absolute Gasteiger partial charge is 0.329 e. The predicted molar refractivity (Wildman–Crippen MR) is 44.8 cm³/mol. The van der Waals surface area contributed by atoms with Crippen LogP contribution in [0.25, 0.3) is 0 Å². The number of hydrogen-bond donors (Lipinski definition) is 1. The van der Waals surface area contributed by atoms with Gasteiger partial charge in [-0.3, -0.25) is 4.79 Å². The van der Waals surface area contributed by atoms with Gasteiger partial charge in [-0.15, -0.1) is 0 Å². The minimum Gasteiger partial charge on any atom is -0.329 e.